The van der Waals surface area contributed by atoms with Crippen LogP contribution in [0.2, 0.25) is 0 Å². The summed E-state index contributed by atoms with van der Waals surface area (Å²) >= 11 is 0. The molecule has 23 heavy (non-hydrogen) atoms. The first-order valence-electron chi connectivity index (χ1n) is 7.50. The fourth-order valence-electron chi connectivity index (χ4n) is 2.56. The van der Waals surface area contributed by atoms with Crippen LogP contribution in [-0.4, -0.2) is 23.2 Å². The molecule has 0 unspecified atom stereocenters. The second-order valence-corrected chi connectivity index (χ2v) is 5.41. The Labute approximate surface area is 134 Å². The summed E-state index contributed by atoms with van der Waals surface area (Å²) in [5, 5.41) is 10.7. The van der Waals surface area contributed by atoms with E-state index in [2.05, 4.69) is 11.8 Å². The molecule has 0 atom stereocenters. The lowest BCUT2D eigenvalue weighted by Gasteiger charge is -2.20. The number of nitrogens with zero attached hydrogens (tertiary/aromatic N) is 2. The number of rotatable bonds is 6. The summed E-state index contributed by atoms with van der Waals surface area (Å²) in [5.41, 5.74) is 2.32. The van der Waals surface area contributed by atoms with Gasteiger partial charge in [0.1, 0.15) is 0 Å². The highest BCUT2D eigenvalue weighted by atomic mass is 16.7. The molecule has 3 rings (SSSR count). The van der Waals surface area contributed by atoms with Gasteiger partial charge in [0.05, 0.1) is 4.92 Å². The molecular formula is C17H18N2O4. The molecule has 2 aromatic carbocycles. The first kappa shape index (κ1) is 15.3. The molecule has 0 spiro atoms. The number of hydrogen-bond donors (Lipinski definition) is 0. The van der Waals surface area contributed by atoms with Crippen molar-refractivity contribution in [1.29, 1.82) is 0 Å². The van der Waals surface area contributed by atoms with Crippen LogP contribution >= 0.6 is 0 Å². The standard InChI is InChI=1S/C17H18N2O4/c1-2-18(10-13-3-6-15(7-4-13)19(20)21)11-14-5-8-16-17(9-14)23-12-22-16/h3-9H,2,10-12H2,1H3. The van der Waals surface area contributed by atoms with Gasteiger partial charge in [-0.15, -0.1) is 0 Å². The molecule has 1 aliphatic rings. The summed E-state index contributed by atoms with van der Waals surface area (Å²) in [6.45, 7) is 4.77. The van der Waals surface area contributed by atoms with E-state index in [1.165, 1.54) is 0 Å². The van der Waals surface area contributed by atoms with Gasteiger partial charge in [-0.25, -0.2) is 0 Å². The quantitative estimate of drug-likeness (QED) is 0.604. The van der Waals surface area contributed by atoms with Crippen LogP contribution in [0.1, 0.15) is 18.1 Å². The van der Waals surface area contributed by atoms with Gasteiger partial charge in [-0.05, 0) is 29.8 Å². The van der Waals surface area contributed by atoms with Crippen molar-refractivity contribution in [2.24, 2.45) is 0 Å². The number of hydrogen-bond acceptors (Lipinski definition) is 5. The van der Waals surface area contributed by atoms with Crippen LogP contribution in [0.4, 0.5) is 5.69 Å². The smallest absolute Gasteiger partial charge is 0.269 e. The van der Waals surface area contributed by atoms with Gasteiger partial charge in [0.25, 0.3) is 5.69 Å². The number of ether oxygens (including phenoxy) is 2. The van der Waals surface area contributed by atoms with Crippen molar-refractivity contribution < 1.29 is 14.4 Å². The predicted octanol–water partition coefficient (Wildman–Crippen LogP) is 3.35. The number of fused-ring (bicyclic) bond motifs is 1. The van der Waals surface area contributed by atoms with Crippen molar-refractivity contribution in [2.75, 3.05) is 13.3 Å². The average molecular weight is 314 g/mol. The Morgan fingerprint density at radius 3 is 2.39 bits per heavy atom. The molecule has 0 aliphatic carbocycles. The van der Waals surface area contributed by atoms with Crippen molar-refractivity contribution in [3.05, 3.63) is 63.7 Å². The van der Waals surface area contributed by atoms with Crippen LogP contribution in [-0.2, 0) is 13.1 Å². The van der Waals surface area contributed by atoms with E-state index < -0.39 is 0 Å². The summed E-state index contributed by atoms with van der Waals surface area (Å²) in [6, 6.07) is 12.7. The minimum Gasteiger partial charge on any atom is -0.454 e. The van der Waals surface area contributed by atoms with E-state index in [0.29, 0.717) is 0 Å². The maximum Gasteiger partial charge on any atom is 0.269 e. The number of non-ortho nitro benzene ring substituents is 1. The van der Waals surface area contributed by atoms with Crippen LogP contribution in [0.15, 0.2) is 42.5 Å². The zero-order valence-corrected chi connectivity index (χ0v) is 12.9. The van der Waals surface area contributed by atoms with E-state index in [4.69, 9.17) is 9.47 Å². The molecule has 0 N–H and O–H groups in total. The van der Waals surface area contributed by atoms with Gasteiger partial charge < -0.3 is 9.47 Å². The molecular weight excluding hydrogens is 296 g/mol. The lowest BCUT2D eigenvalue weighted by molar-refractivity contribution is -0.384. The lowest BCUT2D eigenvalue weighted by Crippen LogP contribution is -2.22. The molecule has 0 saturated carbocycles. The second-order valence-electron chi connectivity index (χ2n) is 5.41. The Hall–Kier alpha value is -2.60. The molecule has 6 heteroatoms. The van der Waals surface area contributed by atoms with Gasteiger partial charge in [0.2, 0.25) is 6.79 Å². The summed E-state index contributed by atoms with van der Waals surface area (Å²) < 4.78 is 10.7. The van der Waals surface area contributed by atoms with E-state index >= 15 is 0 Å². The van der Waals surface area contributed by atoms with Gasteiger partial charge >= 0.3 is 0 Å². The zero-order valence-electron chi connectivity index (χ0n) is 12.9. The van der Waals surface area contributed by atoms with E-state index in [9.17, 15) is 10.1 Å². The first-order chi connectivity index (χ1) is 11.2. The first-order valence-corrected chi connectivity index (χ1v) is 7.50. The summed E-state index contributed by atoms with van der Waals surface area (Å²) in [4.78, 5) is 12.6. The van der Waals surface area contributed by atoms with Gasteiger partial charge in [-0.1, -0.05) is 25.1 Å². The average Bonchev–Trinajstić information content (AvgIpc) is 3.02. The lowest BCUT2D eigenvalue weighted by atomic mass is 10.1. The van der Waals surface area contributed by atoms with Gasteiger partial charge in [-0.2, -0.15) is 0 Å². The van der Waals surface area contributed by atoms with E-state index in [-0.39, 0.29) is 17.4 Å². The van der Waals surface area contributed by atoms with Crippen LogP contribution in [0.3, 0.4) is 0 Å². The highest BCUT2D eigenvalue weighted by molar-refractivity contribution is 5.44. The highest BCUT2D eigenvalue weighted by Gasteiger charge is 2.14. The van der Waals surface area contributed by atoms with Gasteiger partial charge in [-0.3, -0.25) is 15.0 Å². The Kier molecular flexibility index (Phi) is 4.43. The summed E-state index contributed by atoms with van der Waals surface area (Å²) in [7, 11) is 0. The third kappa shape index (κ3) is 3.60. The van der Waals surface area contributed by atoms with Crippen LogP contribution in [0.5, 0.6) is 11.5 Å². The van der Waals surface area contributed by atoms with Crippen LogP contribution in [0.25, 0.3) is 0 Å². The van der Waals surface area contributed by atoms with Crippen LogP contribution in [0, 0.1) is 10.1 Å². The predicted molar refractivity (Wildman–Crippen MR) is 85.4 cm³/mol. The van der Waals surface area contributed by atoms with Crippen molar-refractivity contribution in [3.63, 3.8) is 0 Å². The molecule has 2 aromatic rings. The van der Waals surface area contributed by atoms with Gasteiger partial charge in [0.15, 0.2) is 11.5 Å². The minimum atomic E-state index is -0.381. The fourth-order valence-corrected chi connectivity index (χ4v) is 2.56. The molecule has 1 aliphatic heterocycles. The Bertz CT molecular complexity index is 700. The Morgan fingerprint density at radius 2 is 1.70 bits per heavy atom. The summed E-state index contributed by atoms with van der Waals surface area (Å²) in [6.07, 6.45) is 0. The van der Waals surface area contributed by atoms with Crippen molar-refractivity contribution in [1.82, 2.24) is 4.90 Å². The van der Waals surface area contributed by atoms with E-state index in [0.717, 1.165) is 42.3 Å². The molecule has 6 nitrogen and oxygen atoms in total. The Balaban J connectivity index is 1.66. The van der Waals surface area contributed by atoms with E-state index in [1.807, 2.05) is 18.2 Å². The Morgan fingerprint density at radius 1 is 1.04 bits per heavy atom. The molecule has 0 radical (unpaired) electrons. The summed E-state index contributed by atoms with van der Waals surface area (Å²) in [5.74, 6) is 1.57. The maximum absolute atomic E-state index is 10.7. The number of benzene rings is 2. The molecule has 0 aromatic heterocycles. The third-order valence-electron chi connectivity index (χ3n) is 3.84. The van der Waals surface area contributed by atoms with Crippen LogP contribution < -0.4 is 9.47 Å². The van der Waals surface area contributed by atoms with Gasteiger partial charge in [0, 0.05) is 25.2 Å². The van der Waals surface area contributed by atoms with Crippen molar-refractivity contribution in [2.45, 2.75) is 20.0 Å². The molecule has 1 heterocycles. The fraction of sp³-hybridized carbons (Fsp3) is 0.294. The van der Waals surface area contributed by atoms with Crippen molar-refractivity contribution >= 4 is 5.69 Å². The topological polar surface area (TPSA) is 64.8 Å². The maximum atomic E-state index is 10.7. The normalized spacial score (nSPS) is 12.6. The zero-order chi connectivity index (χ0) is 16.2. The highest BCUT2D eigenvalue weighted by Crippen LogP contribution is 2.32. The molecule has 0 amide bonds. The van der Waals surface area contributed by atoms with Crippen molar-refractivity contribution in [3.8, 4) is 11.5 Å². The van der Waals surface area contributed by atoms with E-state index in [1.54, 1.807) is 24.3 Å². The molecule has 0 fully saturated rings. The number of nitro benzene ring substituents is 1. The molecule has 120 valence electrons. The number of nitro groups is 1. The molecule has 0 saturated heterocycles. The monoisotopic (exact) mass is 314 g/mol. The minimum absolute atomic E-state index is 0.118. The third-order valence-corrected chi connectivity index (χ3v) is 3.84. The largest absolute Gasteiger partial charge is 0.454 e. The SMILES string of the molecule is CCN(Cc1ccc([N+](=O)[O-])cc1)Cc1ccc2c(c1)OCO2. The second kappa shape index (κ2) is 6.66. The molecule has 0 bridgehead atoms.